The van der Waals surface area contributed by atoms with E-state index in [9.17, 15) is 26.7 Å². The number of carbonyl (C=O) groups excluding carboxylic acids is 1. The van der Waals surface area contributed by atoms with Crippen LogP contribution >= 0.6 is 11.6 Å². The number of rotatable bonds is 7. The first kappa shape index (κ1) is 23.4. The standard InChI is InChI=1S/C21H12ClF6NO3/c22-16-2-1-3-17(29-16)32-21(28,19(24)20(25,26)27)31-15-10-6-13(7-11-15)18(30)12-4-8-14(23)9-5-12/h1-11,19H. The van der Waals surface area contributed by atoms with Crippen molar-refractivity contribution >= 4 is 17.4 Å². The number of pyridine rings is 1. The maximum Gasteiger partial charge on any atom is 0.451 e. The van der Waals surface area contributed by atoms with Crippen LogP contribution in [-0.4, -0.2) is 29.2 Å². The van der Waals surface area contributed by atoms with E-state index in [1.165, 1.54) is 24.3 Å². The molecule has 0 amide bonds. The van der Waals surface area contributed by atoms with Gasteiger partial charge in [-0.1, -0.05) is 17.7 Å². The molecule has 2 atom stereocenters. The molecule has 3 rings (SSSR count). The highest BCUT2D eigenvalue weighted by Gasteiger charge is 2.61. The van der Waals surface area contributed by atoms with Crippen molar-refractivity contribution in [3.8, 4) is 11.6 Å². The summed E-state index contributed by atoms with van der Waals surface area (Å²) >= 11 is 5.59. The van der Waals surface area contributed by atoms with Gasteiger partial charge < -0.3 is 9.47 Å². The third kappa shape index (κ3) is 5.50. The van der Waals surface area contributed by atoms with E-state index in [4.69, 9.17) is 11.6 Å². The van der Waals surface area contributed by atoms with Gasteiger partial charge in [0, 0.05) is 17.2 Å². The van der Waals surface area contributed by atoms with Crippen LogP contribution in [0.5, 0.6) is 11.6 Å². The van der Waals surface area contributed by atoms with Crippen molar-refractivity contribution in [3.63, 3.8) is 0 Å². The van der Waals surface area contributed by atoms with Crippen molar-refractivity contribution < 1.29 is 40.6 Å². The van der Waals surface area contributed by atoms with E-state index < -0.39 is 41.6 Å². The molecule has 32 heavy (non-hydrogen) atoms. The zero-order chi connectivity index (χ0) is 23.5. The second-order valence-corrected chi connectivity index (χ2v) is 6.74. The fraction of sp³-hybridized carbons (Fsp3) is 0.143. The summed E-state index contributed by atoms with van der Waals surface area (Å²) < 4.78 is 89.8. The predicted octanol–water partition coefficient (Wildman–Crippen LogP) is 6.09. The number of aromatic nitrogens is 1. The fourth-order valence-corrected chi connectivity index (χ4v) is 2.67. The summed E-state index contributed by atoms with van der Waals surface area (Å²) in [7, 11) is 0. The Morgan fingerprint density at radius 1 is 0.875 bits per heavy atom. The molecule has 4 nitrogen and oxygen atoms in total. The Morgan fingerprint density at radius 3 is 1.97 bits per heavy atom. The molecule has 2 unspecified atom stereocenters. The number of hydrogen-bond donors (Lipinski definition) is 0. The molecule has 0 saturated heterocycles. The second-order valence-electron chi connectivity index (χ2n) is 6.35. The Balaban J connectivity index is 1.85. The number of benzene rings is 2. The molecule has 1 aromatic heterocycles. The Hall–Kier alpha value is -3.27. The molecule has 0 aliphatic heterocycles. The van der Waals surface area contributed by atoms with Crippen LogP contribution in [0.2, 0.25) is 5.15 Å². The quantitative estimate of drug-likeness (QED) is 0.180. The summed E-state index contributed by atoms with van der Waals surface area (Å²) in [6.07, 6.45) is -9.89. The summed E-state index contributed by atoms with van der Waals surface area (Å²) in [4.78, 5) is 15.8. The highest BCUT2D eigenvalue weighted by Crippen LogP contribution is 2.37. The van der Waals surface area contributed by atoms with Gasteiger partial charge >= 0.3 is 18.4 Å². The van der Waals surface area contributed by atoms with Crippen LogP contribution in [0.1, 0.15) is 15.9 Å². The monoisotopic (exact) mass is 475 g/mol. The van der Waals surface area contributed by atoms with Gasteiger partial charge in [0.25, 0.3) is 0 Å². The molecule has 11 heteroatoms. The highest BCUT2D eigenvalue weighted by atomic mass is 35.5. The number of alkyl halides is 5. The SMILES string of the molecule is O=C(c1ccc(F)cc1)c1ccc(OC(F)(Oc2cccc(Cl)n2)C(F)C(F)(F)F)cc1. The maximum absolute atomic E-state index is 15.0. The molecular weight excluding hydrogens is 464 g/mol. The van der Waals surface area contributed by atoms with Gasteiger partial charge in [-0.3, -0.25) is 4.79 Å². The van der Waals surface area contributed by atoms with E-state index in [2.05, 4.69) is 14.5 Å². The van der Waals surface area contributed by atoms with Crippen LogP contribution in [0.25, 0.3) is 0 Å². The first-order chi connectivity index (χ1) is 15.0. The Bertz CT molecular complexity index is 1090. The smallest absolute Gasteiger partial charge is 0.424 e. The lowest BCUT2D eigenvalue weighted by atomic mass is 10.0. The molecule has 0 fully saturated rings. The number of hydrogen-bond acceptors (Lipinski definition) is 4. The van der Waals surface area contributed by atoms with Crippen molar-refractivity contribution in [1.29, 1.82) is 0 Å². The van der Waals surface area contributed by atoms with Gasteiger partial charge in [-0.15, -0.1) is 0 Å². The van der Waals surface area contributed by atoms with Crippen molar-refractivity contribution in [3.05, 3.63) is 88.8 Å². The Labute approximate surface area is 182 Å². The van der Waals surface area contributed by atoms with Gasteiger partial charge in [-0.05, 0) is 54.6 Å². The van der Waals surface area contributed by atoms with Crippen LogP contribution in [0.3, 0.4) is 0 Å². The highest BCUT2D eigenvalue weighted by molar-refractivity contribution is 6.29. The number of carbonyl (C=O) groups is 1. The molecule has 2 aromatic carbocycles. The van der Waals surface area contributed by atoms with E-state index in [0.29, 0.717) is 0 Å². The molecule has 0 spiro atoms. The summed E-state index contributed by atoms with van der Waals surface area (Å²) in [5.74, 6) is -2.42. The lowest BCUT2D eigenvalue weighted by Crippen LogP contribution is -2.53. The van der Waals surface area contributed by atoms with Crippen LogP contribution in [0.15, 0.2) is 66.7 Å². The lowest BCUT2D eigenvalue weighted by Gasteiger charge is -2.29. The number of ketones is 1. The molecule has 0 radical (unpaired) electrons. The molecule has 0 saturated carbocycles. The molecule has 0 N–H and O–H groups in total. The fourth-order valence-electron chi connectivity index (χ4n) is 2.51. The first-order valence-electron chi connectivity index (χ1n) is 8.78. The minimum atomic E-state index is -5.67. The summed E-state index contributed by atoms with van der Waals surface area (Å²) in [5, 5.41) is -0.240. The van der Waals surface area contributed by atoms with E-state index in [1.807, 2.05) is 0 Å². The number of halogens is 7. The zero-order valence-electron chi connectivity index (χ0n) is 15.7. The van der Waals surface area contributed by atoms with Gasteiger partial charge in [0.2, 0.25) is 5.88 Å². The van der Waals surface area contributed by atoms with E-state index in [-0.39, 0.29) is 16.3 Å². The van der Waals surface area contributed by atoms with Crippen molar-refractivity contribution in [2.75, 3.05) is 0 Å². The van der Waals surface area contributed by atoms with Gasteiger partial charge in [0.1, 0.15) is 16.7 Å². The van der Waals surface area contributed by atoms with Crippen molar-refractivity contribution in [2.24, 2.45) is 0 Å². The Morgan fingerprint density at radius 2 is 1.44 bits per heavy atom. The van der Waals surface area contributed by atoms with E-state index in [1.54, 1.807) is 0 Å². The van der Waals surface area contributed by atoms with Gasteiger partial charge in [0.15, 0.2) is 5.78 Å². The third-order valence-corrected chi connectivity index (χ3v) is 4.21. The molecule has 0 bridgehead atoms. The minimum Gasteiger partial charge on any atom is -0.424 e. The average Bonchev–Trinajstić information content (AvgIpc) is 2.73. The van der Waals surface area contributed by atoms with Crippen molar-refractivity contribution in [2.45, 2.75) is 18.4 Å². The van der Waals surface area contributed by atoms with Crippen LogP contribution in [0.4, 0.5) is 26.3 Å². The lowest BCUT2D eigenvalue weighted by molar-refractivity contribution is -0.325. The van der Waals surface area contributed by atoms with Crippen LogP contribution < -0.4 is 9.47 Å². The molecule has 1 heterocycles. The normalized spacial score (nSPS) is 14.3. The Kier molecular flexibility index (Phi) is 6.63. The molecule has 0 aliphatic rings. The minimum absolute atomic E-state index is 0.0402. The van der Waals surface area contributed by atoms with Gasteiger partial charge in [-0.2, -0.15) is 17.6 Å². The van der Waals surface area contributed by atoms with Gasteiger partial charge in [0.05, 0.1) is 0 Å². The molecule has 3 aromatic rings. The number of nitrogens with zero attached hydrogens (tertiary/aromatic N) is 1. The molecular formula is C21H12ClF6NO3. The van der Waals surface area contributed by atoms with Crippen molar-refractivity contribution in [1.82, 2.24) is 4.98 Å². The second kappa shape index (κ2) is 9.07. The predicted molar refractivity (Wildman–Crippen MR) is 102 cm³/mol. The average molecular weight is 476 g/mol. The van der Waals surface area contributed by atoms with Crippen LogP contribution in [-0.2, 0) is 0 Å². The largest absolute Gasteiger partial charge is 0.451 e. The zero-order valence-corrected chi connectivity index (χ0v) is 16.5. The van der Waals surface area contributed by atoms with Gasteiger partial charge in [-0.25, -0.2) is 13.8 Å². The molecule has 168 valence electrons. The first-order valence-corrected chi connectivity index (χ1v) is 9.16. The summed E-state index contributed by atoms with van der Waals surface area (Å²) in [5.41, 5.74) is 0.176. The summed E-state index contributed by atoms with van der Waals surface area (Å²) in [6, 6.07) is 7.77. The topological polar surface area (TPSA) is 48.4 Å². The van der Waals surface area contributed by atoms with Crippen LogP contribution in [0, 0.1) is 5.82 Å². The summed E-state index contributed by atoms with van der Waals surface area (Å²) in [6.45, 7) is 0. The number of ether oxygens (including phenoxy) is 2. The van der Waals surface area contributed by atoms with E-state index >= 15 is 4.39 Å². The maximum atomic E-state index is 15.0. The molecule has 0 aliphatic carbocycles. The van der Waals surface area contributed by atoms with E-state index in [0.717, 1.165) is 42.5 Å². The third-order valence-electron chi connectivity index (χ3n) is 4.00.